The number of halogens is 1. The Hall–Kier alpha value is -0.500. The van der Waals surface area contributed by atoms with Gasteiger partial charge in [0.25, 0.3) is 0 Å². The zero-order valence-electron chi connectivity index (χ0n) is 9.26. The van der Waals surface area contributed by atoms with E-state index in [0.717, 1.165) is 11.6 Å². The first-order valence-corrected chi connectivity index (χ1v) is 5.75. The van der Waals surface area contributed by atoms with Crippen molar-refractivity contribution >= 4 is 11.6 Å². The van der Waals surface area contributed by atoms with Gasteiger partial charge in [-0.25, -0.2) is 0 Å². The van der Waals surface area contributed by atoms with Crippen LogP contribution in [0.15, 0.2) is 6.20 Å². The topological polar surface area (TPSA) is 17.8 Å². The van der Waals surface area contributed by atoms with E-state index < -0.39 is 0 Å². The van der Waals surface area contributed by atoms with Crippen molar-refractivity contribution in [2.75, 3.05) is 0 Å². The zero-order valence-corrected chi connectivity index (χ0v) is 10.0. The fourth-order valence-corrected chi connectivity index (χ4v) is 2.00. The number of nitrogens with zero attached hydrogens (tertiary/aromatic N) is 2. The highest BCUT2D eigenvalue weighted by Gasteiger charge is 2.11. The molecule has 0 spiro atoms. The van der Waals surface area contributed by atoms with Gasteiger partial charge in [-0.2, -0.15) is 5.10 Å². The van der Waals surface area contributed by atoms with Crippen molar-refractivity contribution in [2.24, 2.45) is 0 Å². The van der Waals surface area contributed by atoms with Crippen LogP contribution in [0.5, 0.6) is 0 Å². The van der Waals surface area contributed by atoms with Crippen LogP contribution in [0.25, 0.3) is 0 Å². The standard InChI is InChI=1S/C11H19ClN2/c1-4-5-6-7-14-11(9(2)3)10(12)8-13-14/h8-9H,4-7H2,1-3H3. The molecule has 0 bridgehead atoms. The minimum atomic E-state index is 0.451. The van der Waals surface area contributed by atoms with Gasteiger partial charge in [0.2, 0.25) is 0 Å². The second kappa shape index (κ2) is 5.40. The highest BCUT2D eigenvalue weighted by atomic mass is 35.5. The van der Waals surface area contributed by atoms with Crippen LogP contribution in [0.2, 0.25) is 5.02 Å². The van der Waals surface area contributed by atoms with Crippen LogP contribution in [0, 0.1) is 0 Å². The summed E-state index contributed by atoms with van der Waals surface area (Å²) < 4.78 is 2.04. The molecule has 0 aliphatic carbocycles. The normalized spacial score (nSPS) is 11.2. The van der Waals surface area contributed by atoms with Crippen molar-refractivity contribution in [3.63, 3.8) is 0 Å². The lowest BCUT2D eigenvalue weighted by molar-refractivity contribution is 0.523. The molecule has 0 aliphatic heterocycles. The Morgan fingerprint density at radius 3 is 2.71 bits per heavy atom. The van der Waals surface area contributed by atoms with Crippen LogP contribution in [-0.2, 0) is 6.54 Å². The van der Waals surface area contributed by atoms with Crippen LogP contribution < -0.4 is 0 Å². The highest BCUT2D eigenvalue weighted by Crippen LogP contribution is 2.23. The predicted molar refractivity (Wildman–Crippen MR) is 60.9 cm³/mol. The molecule has 0 amide bonds. The first-order chi connectivity index (χ1) is 6.66. The smallest absolute Gasteiger partial charge is 0.0820 e. The van der Waals surface area contributed by atoms with Crippen LogP contribution >= 0.6 is 11.6 Å². The van der Waals surface area contributed by atoms with Crippen molar-refractivity contribution in [1.29, 1.82) is 0 Å². The summed E-state index contributed by atoms with van der Waals surface area (Å²) in [4.78, 5) is 0. The molecule has 0 N–H and O–H groups in total. The number of hydrogen-bond acceptors (Lipinski definition) is 1. The van der Waals surface area contributed by atoms with Gasteiger partial charge in [0.1, 0.15) is 0 Å². The zero-order chi connectivity index (χ0) is 10.6. The first-order valence-electron chi connectivity index (χ1n) is 5.38. The Morgan fingerprint density at radius 2 is 2.14 bits per heavy atom. The fraction of sp³-hybridized carbons (Fsp3) is 0.727. The Kier molecular flexibility index (Phi) is 4.46. The second-order valence-electron chi connectivity index (χ2n) is 3.96. The van der Waals surface area contributed by atoms with Crippen molar-refractivity contribution in [3.8, 4) is 0 Å². The summed E-state index contributed by atoms with van der Waals surface area (Å²) in [6.07, 6.45) is 5.44. The lowest BCUT2D eigenvalue weighted by Crippen LogP contribution is -2.06. The lowest BCUT2D eigenvalue weighted by atomic mass is 10.1. The maximum atomic E-state index is 6.07. The summed E-state index contributed by atoms with van der Waals surface area (Å²) in [5.74, 6) is 0.451. The molecule has 3 heteroatoms. The van der Waals surface area contributed by atoms with Gasteiger partial charge in [0, 0.05) is 6.54 Å². The molecule has 1 aromatic rings. The molecular weight excluding hydrogens is 196 g/mol. The van der Waals surface area contributed by atoms with Gasteiger partial charge in [0.15, 0.2) is 0 Å². The summed E-state index contributed by atoms with van der Waals surface area (Å²) in [5, 5.41) is 5.10. The monoisotopic (exact) mass is 214 g/mol. The van der Waals surface area contributed by atoms with E-state index in [0.29, 0.717) is 5.92 Å². The minimum Gasteiger partial charge on any atom is -0.268 e. The van der Waals surface area contributed by atoms with E-state index >= 15 is 0 Å². The summed E-state index contributed by atoms with van der Waals surface area (Å²) in [7, 11) is 0. The summed E-state index contributed by atoms with van der Waals surface area (Å²) >= 11 is 6.07. The van der Waals surface area contributed by atoms with Gasteiger partial charge < -0.3 is 0 Å². The molecule has 0 aromatic carbocycles. The maximum absolute atomic E-state index is 6.07. The summed E-state index contributed by atoms with van der Waals surface area (Å²) in [6, 6.07) is 0. The molecule has 0 atom stereocenters. The molecule has 0 saturated carbocycles. The fourth-order valence-electron chi connectivity index (χ4n) is 1.64. The van der Waals surface area contributed by atoms with Gasteiger partial charge >= 0.3 is 0 Å². The van der Waals surface area contributed by atoms with Crippen molar-refractivity contribution in [3.05, 3.63) is 16.9 Å². The van der Waals surface area contributed by atoms with Crippen molar-refractivity contribution < 1.29 is 0 Å². The Balaban J connectivity index is 2.66. The van der Waals surface area contributed by atoms with Crippen LogP contribution in [0.4, 0.5) is 0 Å². The Bertz CT molecular complexity index is 279. The second-order valence-corrected chi connectivity index (χ2v) is 4.37. The number of rotatable bonds is 5. The largest absolute Gasteiger partial charge is 0.268 e. The molecule has 14 heavy (non-hydrogen) atoms. The van der Waals surface area contributed by atoms with E-state index in [4.69, 9.17) is 11.6 Å². The summed E-state index contributed by atoms with van der Waals surface area (Å²) in [5.41, 5.74) is 1.17. The van der Waals surface area contributed by atoms with E-state index in [-0.39, 0.29) is 0 Å². The van der Waals surface area contributed by atoms with Gasteiger partial charge in [0.05, 0.1) is 16.9 Å². The molecule has 0 fully saturated rings. The highest BCUT2D eigenvalue weighted by molar-refractivity contribution is 6.31. The molecule has 0 aliphatic rings. The number of aromatic nitrogens is 2. The third-order valence-corrected chi connectivity index (χ3v) is 2.64. The molecule has 0 radical (unpaired) electrons. The van der Waals surface area contributed by atoms with Gasteiger partial charge in [-0.1, -0.05) is 45.2 Å². The molecule has 0 saturated heterocycles. The van der Waals surface area contributed by atoms with E-state index in [1.807, 2.05) is 4.68 Å². The molecule has 1 rings (SSSR count). The quantitative estimate of drug-likeness (QED) is 0.681. The Labute approximate surface area is 91.3 Å². The van der Waals surface area contributed by atoms with Gasteiger partial charge in [-0.05, 0) is 12.3 Å². The molecule has 1 aromatic heterocycles. The predicted octanol–water partition coefficient (Wildman–Crippen LogP) is 3.85. The van der Waals surface area contributed by atoms with Gasteiger partial charge in [-0.15, -0.1) is 0 Å². The van der Waals surface area contributed by atoms with Crippen LogP contribution in [-0.4, -0.2) is 9.78 Å². The number of aryl methyl sites for hydroxylation is 1. The third kappa shape index (κ3) is 2.74. The molecule has 80 valence electrons. The lowest BCUT2D eigenvalue weighted by Gasteiger charge is -2.10. The minimum absolute atomic E-state index is 0.451. The SMILES string of the molecule is CCCCCn1ncc(Cl)c1C(C)C. The van der Waals surface area contributed by atoms with E-state index in [9.17, 15) is 0 Å². The van der Waals surface area contributed by atoms with E-state index in [1.54, 1.807) is 6.20 Å². The van der Waals surface area contributed by atoms with Crippen LogP contribution in [0.3, 0.4) is 0 Å². The Morgan fingerprint density at radius 1 is 1.43 bits per heavy atom. The molecule has 0 unspecified atom stereocenters. The molecule has 1 heterocycles. The average molecular weight is 215 g/mol. The maximum Gasteiger partial charge on any atom is 0.0820 e. The first kappa shape index (κ1) is 11.6. The molecular formula is C11H19ClN2. The van der Waals surface area contributed by atoms with Crippen molar-refractivity contribution in [2.45, 2.75) is 52.5 Å². The summed E-state index contributed by atoms with van der Waals surface area (Å²) in [6.45, 7) is 7.51. The van der Waals surface area contributed by atoms with E-state index in [1.165, 1.54) is 25.0 Å². The number of unbranched alkanes of at least 4 members (excludes halogenated alkanes) is 2. The molecule has 2 nitrogen and oxygen atoms in total. The van der Waals surface area contributed by atoms with Gasteiger partial charge in [-0.3, -0.25) is 4.68 Å². The average Bonchev–Trinajstić information content (AvgIpc) is 2.47. The van der Waals surface area contributed by atoms with E-state index in [2.05, 4.69) is 25.9 Å². The third-order valence-electron chi connectivity index (χ3n) is 2.35. The number of hydrogen-bond donors (Lipinski definition) is 0. The van der Waals surface area contributed by atoms with Crippen LogP contribution in [0.1, 0.15) is 51.6 Å². The van der Waals surface area contributed by atoms with Crippen molar-refractivity contribution in [1.82, 2.24) is 9.78 Å².